The summed E-state index contributed by atoms with van der Waals surface area (Å²) in [6.07, 6.45) is 2.61. The molecule has 182 valence electrons. The Balaban J connectivity index is 1.36. The van der Waals surface area contributed by atoms with E-state index in [1.807, 2.05) is 4.90 Å². The number of hydrogen-bond acceptors (Lipinski definition) is 6. The second kappa shape index (κ2) is 8.86. The zero-order chi connectivity index (χ0) is 24.7. The third-order valence-corrected chi connectivity index (χ3v) is 6.88. The number of carbonyl (C=O) groups excluding carboxylic acids is 1. The second-order valence-corrected chi connectivity index (χ2v) is 8.86. The molecule has 7 nitrogen and oxygen atoms in total. The quantitative estimate of drug-likeness (QED) is 0.514. The maximum atomic E-state index is 14.8. The molecule has 4 heterocycles. The Kier molecular flexibility index (Phi) is 5.86. The van der Waals surface area contributed by atoms with Crippen molar-refractivity contribution in [1.82, 2.24) is 24.8 Å². The molecule has 11 heteroatoms. The molecule has 3 aromatic rings. The number of fused-ring (bicyclic) bond motifs is 3. The van der Waals surface area contributed by atoms with E-state index in [9.17, 15) is 22.4 Å². The van der Waals surface area contributed by atoms with Gasteiger partial charge in [-0.3, -0.25) is 4.79 Å². The van der Waals surface area contributed by atoms with Gasteiger partial charge >= 0.3 is 6.18 Å². The van der Waals surface area contributed by atoms with E-state index < -0.39 is 17.7 Å². The van der Waals surface area contributed by atoms with Crippen LogP contribution in [0.15, 0.2) is 49.1 Å². The zero-order valence-corrected chi connectivity index (χ0v) is 18.8. The van der Waals surface area contributed by atoms with Gasteiger partial charge in [-0.05, 0) is 43.4 Å². The average Bonchev–Trinajstić information content (AvgIpc) is 2.88. The fraction of sp³-hybridized carbons (Fsp3) is 0.375. The Bertz CT molecular complexity index is 1220. The van der Waals surface area contributed by atoms with Crippen LogP contribution in [0.2, 0.25) is 0 Å². The molecule has 1 saturated carbocycles. The van der Waals surface area contributed by atoms with E-state index in [2.05, 4.69) is 19.9 Å². The molecule has 0 spiro atoms. The van der Waals surface area contributed by atoms with Gasteiger partial charge in [-0.25, -0.2) is 24.3 Å². The van der Waals surface area contributed by atoms with Crippen LogP contribution in [0.3, 0.4) is 0 Å². The Labute approximate surface area is 198 Å². The van der Waals surface area contributed by atoms with E-state index in [-0.39, 0.29) is 40.9 Å². The Morgan fingerprint density at radius 3 is 2.46 bits per heavy atom. The summed E-state index contributed by atoms with van der Waals surface area (Å²) in [7, 11) is 1.78. The molecule has 1 aromatic carbocycles. The molecule has 0 N–H and O–H groups in total. The van der Waals surface area contributed by atoms with Gasteiger partial charge in [0, 0.05) is 38.1 Å². The Morgan fingerprint density at radius 1 is 1.06 bits per heavy atom. The lowest BCUT2D eigenvalue weighted by Gasteiger charge is -2.52. The maximum absolute atomic E-state index is 14.8. The van der Waals surface area contributed by atoms with Crippen molar-refractivity contribution in [3.63, 3.8) is 0 Å². The number of hydrogen-bond donors (Lipinski definition) is 0. The molecular weight excluding hydrogens is 464 g/mol. The molecule has 2 aliphatic heterocycles. The lowest BCUT2D eigenvalue weighted by atomic mass is 9.75. The van der Waals surface area contributed by atoms with Crippen molar-refractivity contribution in [1.29, 1.82) is 0 Å². The van der Waals surface area contributed by atoms with Crippen LogP contribution in [0.5, 0.6) is 0 Å². The Hall–Kier alpha value is -3.63. The molecule has 2 aromatic heterocycles. The number of aromatic nitrogens is 4. The Morgan fingerprint density at radius 2 is 1.83 bits per heavy atom. The van der Waals surface area contributed by atoms with Gasteiger partial charge in [-0.2, -0.15) is 13.2 Å². The maximum Gasteiger partial charge on any atom is 0.434 e. The summed E-state index contributed by atoms with van der Waals surface area (Å²) in [5, 5.41) is 0. The number of benzene rings is 1. The zero-order valence-electron chi connectivity index (χ0n) is 18.8. The van der Waals surface area contributed by atoms with Gasteiger partial charge in [0.1, 0.15) is 11.6 Å². The van der Waals surface area contributed by atoms with Crippen molar-refractivity contribution < 1.29 is 22.4 Å². The van der Waals surface area contributed by atoms with E-state index >= 15 is 0 Å². The van der Waals surface area contributed by atoms with E-state index in [1.165, 1.54) is 24.5 Å². The summed E-state index contributed by atoms with van der Waals surface area (Å²) in [5.74, 6) is -0.264. The molecular formula is C24H22F4N6O. The van der Waals surface area contributed by atoms with Crippen molar-refractivity contribution in [2.24, 2.45) is 5.92 Å². The molecule has 6 rings (SSSR count). The van der Waals surface area contributed by atoms with Crippen molar-refractivity contribution >= 4 is 11.7 Å². The predicted octanol–water partition coefficient (Wildman–Crippen LogP) is 4.22. The first-order valence-electron chi connectivity index (χ1n) is 11.2. The lowest BCUT2D eigenvalue weighted by Crippen LogP contribution is -2.60. The first kappa shape index (κ1) is 23.1. The van der Waals surface area contributed by atoms with Gasteiger partial charge in [0.05, 0.1) is 23.5 Å². The number of rotatable bonds is 4. The van der Waals surface area contributed by atoms with Crippen molar-refractivity contribution in [3.8, 4) is 11.4 Å². The third-order valence-electron chi connectivity index (χ3n) is 6.88. The molecule has 3 aliphatic rings. The fourth-order valence-corrected chi connectivity index (χ4v) is 5.14. The predicted molar refractivity (Wildman–Crippen MR) is 119 cm³/mol. The molecule has 3 atom stereocenters. The van der Waals surface area contributed by atoms with E-state index in [4.69, 9.17) is 0 Å². The molecule has 1 amide bonds. The monoisotopic (exact) mass is 486 g/mol. The standard InChI is InChI=1S/C24H22F4N6O/c1-33(20-12-31-19(11-32-20)24(26,27)28)18-10-15-7-6-14(18)13-34(15)23(35)16-4-2-5-17(25)21(16)22-29-8-3-9-30-22/h2-5,8-9,11-12,14-15,18H,6-7,10,13H2,1H3. The summed E-state index contributed by atoms with van der Waals surface area (Å²) in [6.45, 7) is 0.457. The highest BCUT2D eigenvalue weighted by molar-refractivity contribution is 6.00. The van der Waals surface area contributed by atoms with Gasteiger partial charge in [-0.1, -0.05) is 6.07 Å². The molecule has 2 bridgehead atoms. The van der Waals surface area contributed by atoms with Crippen LogP contribution in [0, 0.1) is 11.7 Å². The number of piperidine rings is 2. The van der Waals surface area contributed by atoms with Crippen molar-refractivity contribution in [2.45, 2.75) is 37.5 Å². The molecule has 0 radical (unpaired) electrons. The number of halogens is 4. The van der Waals surface area contributed by atoms with Crippen molar-refractivity contribution in [2.75, 3.05) is 18.5 Å². The summed E-state index contributed by atoms with van der Waals surface area (Å²) < 4.78 is 53.3. The van der Waals surface area contributed by atoms with Gasteiger partial charge in [0.15, 0.2) is 11.5 Å². The van der Waals surface area contributed by atoms with Crippen LogP contribution < -0.4 is 4.90 Å². The molecule has 1 aliphatic carbocycles. The van der Waals surface area contributed by atoms with E-state index in [0.717, 1.165) is 25.2 Å². The third kappa shape index (κ3) is 4.30. The van der Waals surface area contributed by atoms with Crippen LogP contribution in [-0.2, 0) is 6.18 Å². The second-order valence-electron chi connectivity index (χ2n) is 8.86. The van der Waals surface area contributed by atoms with Gasteiger partial charge in [-0.15, -0.1) is 0 Å². The lowest BCUT2D eigenvalue weighted by molar-refractivity contribution is -0.141. The average molecular weight is 486 g/mol. The number of amides is 1. The molecule has 2 saturated heterocycles. The van der Waals surface area contributed by atoms with Crippen LogP contribution in [0.25, 0.3) is 11.4 Å². The topological polar surface area (TPSA) is 75.1 Å². The largest absolute Gasteiger partial charge is 0.434 e. The van der Waals surface area contributed by atoms with Crippen LogP contribution in [0.1, 0.15) is 35.3 Å². The molecule has 35 heavy (non-hydrogen) atoms. The molecule has 3 fully saturated rings. The minimum atomic E-state index is -4.55. The highest BCUT2D eigenvalue weighted by Gasteiger charge is 2.45. The summed E-state index contributed by atoms with van der Waals surface area (Å²) in [5.41, 5.74) is -0.750. The number of nitrogens with zero attached hydrogens (tertiary/aromatic N) is 6. The first-order chi connectivity index (χ1) is 16.7. The normalized spacial score (nSPS) is 21.7. The van der Waals surface area contributed by atoms with Gasteiger partial charge in [0.2, 0.25) is 0 Å². The highest BCUT2D eigenvalue weighted by Crippen LogP contribution is 2.40. The number of anilines is 1. The molecule has 3 unspecified atom stereocenters. The summed E-state index contributed by atoms with van der Waals surface area (Å²) in [4.78, 5) is 32.9. The van der Waals surface area contributed by atoms with Crippen LogP contribution in [0.4, 0.5) is 23.4 Å². The highest BCUT2D eigenvalue weighted by atomic mass is 19.4. The smallest absolute Gasteiger partial charge is 0.355 e. The summed E-state index contributed by atoms with van der Waals surface area (Å²) >= 11 is 0. The number of alkyl halides is 3. The van der Waals surface area contributed by atoms with Gasteiger partial charge < -0.3 is 9.80 Å². The van der Waals surface area contributed by atoms with Crippen LogP contribution >= 0.6 is 0 Å². The van der Waals surface area contributed by atoms with E-state index in [0.29, 0.717) is 18.8 Å². The minimum Gasteiger partial charge on any atom is -0.355 e. The number of carbonyl (C=O) groups is 1. The van der Waals surface area contributed by atoms with Crippen LogP contribution in [-0.4, -0.2) is 56.4 Å². The fourth-order valence-electron chi connectivity index (χ4n) is 5.14. The minimum absolute atomic E-state index is 0.00623. The van der Waals surface area contributed by atoms with Gasteiger partial charge in [0.25, 0.3) is 5.91 Å². The first-order valence-corrected chi connectivity index (χ1v) is 11.2. The van der Waals surface area contributed by atoms with E-state index in [1.54, 1.807) is 24.1 Å². The summed E-state index contributed by atoms with van der Waals surface area (Å²) in [6, 6.07) is 5.88. The SMILES string of the molecule is CN(c1cnc(C(F)(F)F)cn1)C1CC2CCC1CN2C(=O)c1cccc(F)c1-c1ncccn1. The van der Waals surface area contributed by atoms with Crippen molar-refractivity contribution in [3.05, 3.63) is 66.1 Å².